The summed E-state index contributed by atoms with van der Waals surface area (Å²) >= 11 is 1.55. The predicted octanol–water partition coefficient (Wildman–Crippen LogP) is 1.35. The molecule has 154 valence electrons. The number of thiazole rings is 1. The molecule has 3 heterocycles. The zero-order valence-corrected chi connectivity index (χ0v) is 17.4. The maximum absolute atomic E-state index is 12.4. The van der Waals surface area contributed by atoms with E-state index >= 15 is 0 Å². The molecule has 1 aromatic heterocycles. The van der Waals surface area contributed by atoms with E-state index in [0.29, 0.717) is 25.6 Å². The molecule has 28 heavy (non-hydrogen) atoms. The normalized spacial score (nSPS) is 25.0. The van der Waals surface area contributed by atoms with Gasteiger partial charge in [-0.3, -0.25) is 9.59 Å². The summed E-state index contributed by atoms with van der Waals surface area (Å²) in [6, 6.07) is 1.09. The van der Waals surface area contributed by atoms with Gasteiger partial charge in [-0.15, -0.1) is 11.3 Å². The lowest BCUT2D eigenvalue weighted by molar-refractivity contribution is -0.153. The van der Waals surface area contributed by atoms with Crippen molar-refractivity contribution in [2.24, 2.45) is 0 Å². The second-order valence-electron chi connectivity index (χ2n) is 8.17. The topological polar surface area (TPSA) is 74.8 Å². The fraction of sp³-hybridized carbons (Fsp3) is 0.750. The zero-order valence-electron chi connectivity index (χ0n) is 16.6. The molecule has 1 saturated carbocycles. The van der Waals surface area contributed by atoms with Crippen LogP contribution in [-0.4, -0.2) is 77.6 Å². The van der Waals surface area contributed by atoms with Crippen LogP contribution in [0.3, 0.4) is 0 Å². The van der Waals surface area contributed by atoms with Crippen molar-refractivity contribution < 1.29 is 14.3 Å². The van der Waals surface area contributed by atoms with E-state index < -0.39 is 0 Å². The Morgan fingerprint density at radius 3 is 2.71 bits per heavy atom. The molecule has 0 radical (unpaired) electrons. The monoisotopic (exact) mass is 406 g/mol. The van der Waals surface area contributed by atoms with Crippen LogP contribution in [0.15, 0.2) is 5.38 Å². The molecule has 1 N–H and O–H groups in total. The third-order valence-electron chi connectivity index (χ3n) is 6.23. The maximum atomic E-state index is 12.4. The van der Waals surface area contributed by atoms with Crippen LogP contribution in [0.25, 0.3) is 0 Å². The first-order valence-corrected chi connectivity index (χ1v) is 11.3. The van der Waals surface area contributed by atoms with E-state index in [4.69, 9.17) is 4.74 Å². The largest absolute Gasteiger partial charge is 0.365 e. The van der Waals surface area contributed by atoms with E-state index in [1.165, 1.54) is 19.3 Å². The number of carbonyl (C=O) groups excluding carboxylic acids is 2. The van der Waals surface area contributed by atoms with E-state index in [1.807, 2.05) is 17.2 Å². The highest BCUT2D eigenvalue weighted by atomic mass is 32.1. The Kier molecular flexibility index (Phi) is 6.28. The minimum absolute atomic E-state index is 0.0499. The minimum Gasteiger partial charge on any atom is -0.365 e. The van der Waals surface area contributed by atoms with Gasteiger partial charge in [0.2, 0.25) is 11.8 Å². The van der Waals surface area contributed by atoms with Crippen molar-refractivity contribution in [3.8, 4) is 0 Å². The smallest absolute Gasteiger partial charge is 0.248 e. The molecule has 1 aliphatic carbocycles. The van der Waals surface area contributed by atoms with Crippen LogP contribution in [0.2, 0.25) is 0 Å². The Balaban J connectivity index is 1.23. The van der Waals surface area contributed by atoms with Crippen LogP contribution in [0.4, 0.5) is 0 Å². The van der Waals surface area contributed by atoms with Gasteiger partial charge in [0.15, 0.2) is 0 Å². The molecule has 0 bridgehead atoms. The third kappa shape index (κ3) is 4.72. The molecule has 4 rings (SSSR count). The van der Waals surface area contributed by atoms with E-state index in [1.54, 1.807) is 11.3 Å². The molecule has 0 spiro atoms. The number of piperidine rings is 1. The predicted molar refractivity (Wildman–Crippen MR) is 107 cm³/mol. The number of nitrogens with one attached hydrogen (secondary N) is 1. The molecular weight excluding hydrogens is 376 g/mol. The third-order valence-corrected chi connectivity index (χ3v) is 7.05. The SMILES string of the molecule is Cc1nc(CC(=O)NC[C@H]2CN(C3CCN(C4CCC4)CC3)C(=O)CO2)cs1. The number of nitrogens with zero attached hydrogens (tertiary/aromatic N) is 3. The highest BCUT2D eigenvalue weighted by molar-refractivity contribution is 7.09. The Bertz CT molecular complexity index is 697. The van der Waals surface area contributed by atoms with Crippen molar-refractivity contribution in [2.45, 2.75) is 63.6 Å². The van der Waals surface area contributed by atoms with Gasteiger partial charge in [-0.1, -0.05) is 6.42 Å². The first-order valence-electron chi connectivity index (χ1n) is 10.4. The quantitative estimate of drug-likeness (QED) is 0.772. The van der Waals surface area contributed by atoms with Gasteiger partial charge in [0.05, 0.1) is 23.2 Å². The average molecular weight is 407 g/mol. The summed E-state index contributed by atoms with van der Waals surface area (Å²) in [5.74, 6) is 0.0359. The highest BCUT2D eigenvalue weighted by Gasteiger charge is 2.35. The van der Waals surface area contributed by atoms with Crippen molar-refractivity contribution in [1.82, 2.24) is 20.1 Å². The van der Waals surface area contributed by atoms with Gasteiger partial charge in [0, 0.05) is 43.6 Å². The van der Waals surface area contributed by atoms with Crippen molar-refractivity contribution >= 4 is 23.2 Å². The summed E-state index contributed by atoms with van der Waals surface area (Å²) < 4.78 is 5.67. The second-order valence-corrected chi connectivity index (χ2v) is 9.23. The Morgan fingerprint density at radius 2 is 2.07 bits per heavy atom. The molecule has 2 saturated heterocycles. The standard InChI is InChI=1S/C20H30N4O3S/c1-14-22-15(13-28-14)9-19(25)21-10-18-11-24(20(26)12-27-18)17-5-7-23(8-6-17)16-3-2-4-16/h13,16-18H,2-12H2,1H3,(H,21,25)/t18-/m0/s1. The lowest BCUT2D eigenvalue weighted by Gasteiger charge is -2.45. The number of rotatable bonds is 6. The molecule has 3 aliphatic rings. The summed E-state index contributed by atoms with van der Waals surface area (Å²) in [6.07, 6.45) is 6.28. The molecule has 8 heteroatoms. The van der Waals surface area contributed by atoms with Gasteiger partial charge in [-0.25, -0.2) is 4.98 Å². The summed E-state index contributed by atoms with van der Waals surface area (Å²) in [6.45, 7) is 5.25. The number of carbonyl (C=O) groups is 2. The van der Waals surface area contributed by atoms with Crippen molar-refractivity contribution in [3.05, 3.63) is 16.1 Å². The molecule has 2 amide bonds. The number of likely N-dealkylation sites (tertiary alicyclic amines) is 1. The lowest BCUT2D eigenvalue weighted by atomic mass is 9.89. The number of morpholine rings is 1. The molecule has 3 fully saturated rings. The van der Waals surface area contributed by atoms with E-state index in [0.717, 1.165) is 42.7 Å². The number of hydrogen-bond acceptors (Lipinski definition) is 6. The first kappa shape index (κ1) is 19.8. The van der Waals surface area contributed by atoms with E-state index in [-0.39, 0.29) is 24.5 Å². The van der Waals surface area contributed by atoms with Crippen molar-refractivity contribution in [3.63, 3.8) is 0 Å². The maximum Gasteiger partial charge on any atom is 0.248 e. The molecular formula is C20H30N4O3S. The molecule has 0 aromatic carbocycles. The Hall–Kier alpha value is -1.51. The van der Waals surface area contributed by atoms with Crippen molar-refractivity contribution in [2.75, 3.05) is 32.8 Å². The lowest BCUT2D eigenvalue weighted by Crippen LogP contribution is -2.57. The fourth-order valence-corrected chi connectivity index (χ4v) is 4.99. The van der Waals surface area contributed by atoms with Crippen LogP contribution >= 0.6 is 11.3 Å². The number of hydrogen-bond donors (Lipinski definition) is 1. The van der Waals surface area contributed by atoms with Gasteiger partial charge >= 0.3 is 0 Å². The number of aryl methyl sites for hydroxylation is 1. The van der Waals surface area contributed by atoms with Gasteiger partial charge in [0.25, 0.3) is 0 Å². The first-order chi connectivity index (χ1) is 13.6. The Morgan fingerprint density at radius 1 is 1.29 bits per heavy atom. The molecule has 1 aromatic rings. The number of amides is 2. The van der Waals surface area contributed by atoms with E-state index in [2.05, 4.69) is 15.2 Å². The van der Waals surface area contributed by atoms with Crippen molar-refractivity contribution in [1.29, 1.82) is 0 Å². The van der Waals surface area contributed by atoms with Crippen LogP contribution in [0, 0.1) is 6.92 Å². The minimum atomic E-state index is -0.136. The Labute approximate surface area is 170 Å². The van der Waals surface area contributed by atoms with E-state index in [9.17, 15) is 9.59 Å². The average Bonchev–Trinajstić information content (AvgIpc) is 3.05. The molecule has 0 unspecified atom stereocenters. The van der Waals surface area contributed by atoms with Crippen LogP contribution in [0.5, 0.6) is 0 Å². The van der Waals surface area contributed by atoms with Gasteiger partial charge < -0.3 is 19.9 Å². The molecule has 7 nitrogen and oxygen atoms in total. The fourth-order valence-electron chi connectivity index (χ4n) is 4.38. The summed E-state index contributed by atoms with van der Waals surface area (Å²) in [5, 5.41) is 5.83. The molecule has 1 atom stereocenters. The zero-order chi connectivity index (χ0) is 19.5. The summed E-state index contributed by atoms with van der Waals surface area (Å²) in [4.78, 5) is 33.5. The molecule has 2 aliphatic heterocycles. The van der Waals surface area contributed by atoms with Gasteiger partial charge in [-0.05, 0) is 32.6 Å². The summed E-state index contributed by atoms with van der Waals surface area (Å²) in [7, 11) is 0. The van der Waals surface area contributed by atoms with Crippen LogP contribution < -0.4 is 5.32 Å². The van der Waals surface area contributed by atoms with Crippen LogP contribution in [-0.2, 0) is 20.7 Å². The van der Waals surface area contributed by atoms with Crippen LogP contribution in [0.1, 0.15) is 42.8 Å². The second kappa shape index (κ2) is 8.88. The van der Waals surface area contributed by atoms with Gasteiger partial charge in [-0.2, -0.15) is 0 Å². The number of ether oxygens (including phenoxy) is 1. The summed E-state index contributed by atoms with van der Waals surface area (Å²) in [5.41, 5.74) is 0.805. The highest BCUT2D eigenvalue weighted by Crippen LogP contribution is 2.29. The van der Waals surface area contributed by atoms with Gasteiger partial charge in [0.1, 0.15) is 6.61 Å². The number of aromatic nitrogens is 1.